The molecular formula is C40H52N4O6S. The molecule has 1 aromatic rings. The molecule has 51 heavy (non-hydrogen) atoms. The van der Waals surface area contributed by atoms with E-state index in [1.807, 2.05) is 62.4 Å². The van der Waals surface area contributed by atoms with Gasteiger partial charge in [-0.25, -0.2) is 0 Å². The highest BCUT2D eigenvalue weighted by Crippen LogP contribution is 2.34. The van der Waals surface area contributed by atoms with Crippen LogP contribution in [0.3, 0.4) is 0 Å². The number of likely N-dealkylation sites (tertiary alicyclic amines) is 2. The van der Waals surface area contributed by atoms with Gasteiger partial charge in [0.05, 0.1) is 12.4 Å². The van der Waals surface area contributed by atoms with Crippen molar-refractivity contribution in [3.8, 4) is 5.75 Å². The van der Waals surface area contributed by atoms with E-state index >= 15 is 0 Å². The van der Waals surface area contributed by atoms with E-state index in [2.05, 4.69) is 22.8 Å². The van der Waals surface area contributed by atoms with Crippen molar-refractivity contribution >= 4 is 41.3 Å². The second-order valence-corrected chi connectivity index (χ2v) is 15.3. The number of rotatable bonds is 15. The Kier molecular flexibility index (Phi) is 13.4. The molecule has 2 fully saturated rings. The van der Waals surface area contributed by atoms with Crippen molar-refractivity contribution in [3.05, 3.63) is 77.4 Å². The zero-order valence-electron chi connectivity index (χ0n) is 30.3. The van der Waals surface area contributed by atoms with E-state index in [0.29, 0.717) is 55.7 Å². The Labute approximate surface area is 306 Å². The topological polar surface area (TPSA) is 125 Å². The van der Waals surface area contributed by atoms with E-state index in [1.165, 1.54) is 16.7 Å². The lowest BCUT2D eigenvalue weighted by atomic mass is 9.81. The van der Waals surface area contributed by atoms with Gasteiger partial charge in [-0.1, -0.05) is 68.9 Å². The number of imide groups is 1. The van der Waals surface area contributed by atoms with Crippen LogP contribution in [0.4, 0.5) is 0 Å². The van der Waals surface area contributed by atoms with Crippen LogP contribution in [0, 0.1) is 17.8 Å². The number of hydrogen-bond acceptors (Lipinski definition) is 7. The molecule has 0 spiro atoms. The van der Waals surface area contributed by atoms with Crippen molar-refractivity contribution in [1.82, 2.24) is 20.4 Å². The first-order chi connectivity index (χ1) is 24.6. The van der Waals surface area contributed by atoms with Crippen molar-refractivity contribution in [2.24, 2.45) is 17.8 Å². The van der Waals surface area contributed by atoms with Gasteiger partial charge in [0.25, 0.3) is 11.8 Å². The zero-order valence-corrected chi connectivity index (χ0v) is 31.1. The van der Waals surface area contributed by atoms with Gasteiger partial charge in [-0.05, 0) is 80.4 Å². The van der Waals surface area contributed by atoms with Gasteiger partial charge >= 0.3 is 0 Å². The molecule has 5 amide bonds. The average Bonchev–Trinajstić information content (AvgIpc) is 3.28. The lowest BCUT2D eigenvalue weighted by Crippen LogP contribution is -2.57. The molecule has 0 saturated carbocycles. The first kappa shape index (κ1) is 38.1. The normalized spacial score (nSPS) is 23.0. The Morgan fingerprint density at radius 3 is 2.29 bits per heavy atom. The van der Waals surface area contributed by atoms with Crippen LogP contribution in [-0.4, -0.2) is 83.9 Å². The number of ether oxygens (including phenoxy) is 1. The summed E-state index contributed by atoms with van der Waals surface area (Å²) in [6.07, 6.45) is 17.4. The number of hydrogen-bond donors (Lipinski definition) is 2. The molecule has 2 aliphatic heterocycles. The Morgan fingerprint density at radius 1 is 0.980 bits per heavy atom. The van der Waals surface area contributed by atoms with Gasteiger partial charge in [0, 0.05) is 37.0 Å². The van der Waals surface area contributed by atoms with Gasteiger partial charge in [0.1, 0.15) is 17.8 Å². The zero-order chi connectivity index (χ0) is 36.5. The fraction of sp³-hybridized carbons (Fsp3) is 0.525. The molecule has 10 nitrogen and oxygen atoms in total. The summed E-state index contributed by atoms with van der Waals surface area (Å²) >= 11 is 1.51. The number of fused-ring (bicyclic) bond motifs is 1. The number of nitrogens with one attached hydrogen (secondary N) is 2. The molecule has 0 aromatic heterocycles. The van der Waals surface area contributed by atoms with Crippen LogP contribution in [0.5, 0.6) is 5.75 Å². The number of benzene rings is 1. The maximum absolute atomic E-state index is 14.3. The number of unbranched alkanes of at least 4 members (excludes halogenated alkanes) is 1. The van der Waals surface area contributed by atoms with Crippen molar-refractivity contribution in [2.45, 2.75) is 88.3 Å². The number of carbonyl (C=O) groups excluding carboxylic acids is 5. The summed E-state index contributed by atoms with van der Waals surface area (Å²) in [5.41, 5.74) is 2.06. The van der Waals surface area contributed by atoms with E-state index in [4.69, 9.17) is 4.74 Å². The van der Waals surface area contributed by atoms with E-state index in [0.717, 1.165) is 37.0 Å². The Hall–Kier alpha value is -4.12. The average molecular weight is 717 g/mol. The first-order valence-corrected chi connectivity index (χ1v) is 19.3. The molecule has 2 heterocycles. The van der Waals surface area contributed by atoms with E-state index in [1.54, 1.807) is 19.1 Å². The maximum Gasteiger partial charge on any atom is 0.261 e. The van der Waals surface area contributed by atoms with Crippen LogP contribution in [0.25, 0.3) is 0 Å². The minimum atomic E-state index is -0.774. The molecule has 274 valence electrons. The molecule has 4 unspecified atom stereocenters. The highest BCUT2D eigenvalue weighted by atomic mass is 32.2. The maximum atomic E-state index is 14.3. The number of amides is 5. The highest BCUT2D eigenvalue weighted by Gasteiger charge is 2.42. The van der Waals surface area contributed by atoms with Crippen LogP contribution in [0.1, 0.15) is 70.8 Å². The van der Waals surface area contributed by atoms with Crippen molar-refractivity contribution in [2.75, 3.05) is 27.2 Å². The van der Waals surface area contributed by atoms with Gasteiger partial charge in [-0.15, -0.1) is 11.8 Å². The molecule has 2 saturated heterocycles. The summed E-state index contributed by atoms with van der Waals surface area (Å²) in [6, 6.07) is 6.31. The summed E-state index contributed by atoms with van der Waals surface area (Å²) in [5, 5.41) is 5.42. The largest absolute Gasteiger partial charge is 0.497 e. The van der Waals surface area contributed by atoms with Crippen LogP contribution >= 0.6 is 11.8 Å². The van der Waals surface area contributed by atoms with Crippen molar-refractivity contribution < 1.29 is 28.7 Å². The Balaban J connectivity index is 1.31. The van der Waals surface area contributed by atoms with Crippen LogP contribution in [0.15, 0.2) is 71.9 Å². The summed E-state index contributed by atoms with van der Waals surface area (Å²) in [4.78, 5) is 70.5. The quantitative estimate of drug-likeness (QED) is 0.191. The molecule has 0 bridgehead atoms. The van der Waals surface area contributed by atoms with Gasteiger partial charge in [0.15, 0.2) is 0 Å². The van der Waals surface area contributed by atoms with Gasteiger partial charge < -0.3 is 20.3 Å². The summed E-state index contributed by atoms with van der Waals surface area (Å²) < 4.78 is 5.31. The number of thioether (sulfide) groups is 1. The molecule has 5 atom stereocenters. The number of likely N-dealkylation sites (N-methyl/N-ethyl adjacent to an activating group) is 1. The number of allylic oxidation sites excluding steroid dienone is 6. The number of carbonyl (C=O) groups is 5. The van der Waals surface area contributed by atoms with Crippen LogP contribution in [0.2, 0.25) is 0 Å². The fourth-order valence-corrected chi connectivity index (χ4v) is 8.70. The van der Waals surface area contributed by atoms with Gasteiger partial charge in [0.2, 0.25) is 17.7 Å². The summed E-state index contributed by atoms with van der Waals surface area (Å²) in [6.45, 7) is 4.61. The lowest BCUT2D eigenvalue weighted by molar-refractivity contribution is -0.144. The molecule has 5 rings (SSSR count). The Bertz CT molecular complexity index is 1550. The second kappa shape index (κ2) is 17.9. The molecule has 2 N–H and O–H groups in total. The van der Waals surface area contributed by atoms with Crippen LogP contribution < -0.4 is 15.4 Å². The SMILES string of the molecule is CNC(=O)C(C(C)C)N1CCC([C@@H]2C=CC=CC2)CC(NC(=O)C(CCCCN2C(=O)C3=CCCC=C3C2=O)SCc2ccc(OC)cc2)C1=O. The first-order valence-electron chi connectivity index (χ1n) is 18.3. The fourth-order valence-electron chi connectivity index (χ4n) is 7.56. The molecule has 4 aliphatic rings. The third-order valence-electron chi connectivity index (χ3n) is 10.4. The third-order valence-corrected chi connectivity index (χ3v) is 11.7. The minimum absolute atomic E-state index is 0.113. The summed E-state index contributed by atoms with van der Waals surface area (Å²) in [5.74, 6) is 0.479. The third kappa shape index (κ3) is 9.22. The molecule has 1 aromatic carbocycles. The van der Waals surface area contributed by atoms with E-state index < -0.39 is 17.3 Å². The minimum Gasteiger partial charge on any atom is -0.497 e. The lowest BCUT2D eigenvalue weighted by Gasteiger charge is -2.34. The summed E-state index contributed by atoms with van der Waals surface area (Å²) in [7, 11) is 3.21. The van der Waals surface area contributed by atoms with E-state index in [-0.39, 0.29) is 47.3 Å². The smallest absolute Gasteiger partial charge is 0.261 e. The monoisotopic (exact) mass is 716 g/mol. The highest BCUT2D eigenvalue weighted by molar-refractivity contribution is 7.99. The van der Waals surface area contributed by atoms with E-state index in [9.17, 15) is 24.0 Å². The molecule has 2 aliphatic carbocycles. The number of nitrogens with zero attached hydrogens (tertiary/aromatic N) is 2. The standard InChI is InChI=1S/C40H52N4O6S/c1-26(2)35(37(46)41-3)43-23-21-29(28-12-6-5-7-13-28)24-33(40(43)49)42-36(45)34(51-25-27-17-19-30(50-4)20-18-27)16-10-11-22-44-38(47)31-14-8-9-15-32(31)39(44)48/h5-7,12,14-15,17-20,26,28-29,33-35H,8-11,13,16,21-25H2,1-4H3,(H,41,46)(H,42,45)/t28-,29?,33?,34?,35?/m1/s1. The molecular weight excluding hydrogens is 665 g/mol. The Morgan fingerprint density at radius 2 is 1.69 bits per heavy atom. The van der Waals surface area contributed by atoms with Crippen molar-refractivity contribution in [3.63, 3.8) is 0 Å². The predicted octanol–water partition coefficient (Wildman–Crippen LogP) is 5.11. The predicted molar refractivity (Wildman–Crippen MR) is 199 cm³/mol. The molecule has 11 heteroatoms. The second-order valence-electron chi connectivity index (χ2n) is 14.1. The molecule has 0 radical (unpaired) electrons. The van der Waals surface area contributed by atoms with Crippen molar-refractivity contribution in [1.29, 1.82) is 0 Å². The van der Waals surface area contributed by atoms with Gasteiger partial charge in [-0.2, -0.15) is 0 Å². The van der Waals surface area contributed by atoms with Crippen LogP contribution in [-0.2, 0) is 29.7 Å². The number of methoxy groups -OCH3 is 1. The van der Waals surface area contributed by atoms with Gasteiger partial charge in [-0.3, -0.25) is 28.9 Å².